The van der Waals surface area contributed by atoms with Gasteiger partial charge in [0.1, 0.15) is 0 Å². The zero-order chi connectivity index (χ0) is 10.7. The van der Waals surface area contributed by atoms with E-state index in [9.17, 15) is 4.79 Å². The molecule has 4 nitrogen and oxygen atoms in total. The van der Waals surface area contributed by atoms with Crippen LogP contribution in [0.15, 0.2) is 30.6 Å². The van der Waals surface area contributed by atoms with E-state index in [1.54, 1.807) is 6.33 Å². The molecular weight excluding hydrogens is 192 g/mol. The average molecular weight is 204 g/mol. The normalized spacial score (nSPS) is 10.7. The summed E-state index contributed by atoms with van der Waals surface area (Å²) >= 11 is 0. The highest BCUT2D eigenvalue weighted by atomic mass is 16.4. The van der Waals surface area contributed by atoms with E-state index in [4.69, 9.17) is 5.11 Å². The number of carboxylic acids is 1. The molecule has 15 heavy (non-hydrogen) atoms. The molecule has 2 aromatic rings. The first-order valence-electron chi connectivity index (χ1n) is 4.89. The molecule has 1 aromatic carbocycles. The molecule has 1 aromatic heterocycles. The van der Waals surface area contributed by atoms with Crippen molar-refractivity contribution in [3.63, 3.8) is 0 Å². The number of hydrogen-bond donors (Lipinski definition) is 1. The summed E-state index contributed by atoms with van der Waals surface area (Å²) in [6.07, 6.45) is 2.59. The Morgan fingerprint density at radius 1 is 1.40 bits per heavy atom. The number of rotatable bonds is 4. The molecule has 0 aliphatic rings. The van der Waals surface area contributed by atoms with Gasteiger partial charge < -0.3 is 9.67 Å². The molecule has 0 amide bonds. The van der Waals surface area contributed by atoms with Crippen molar-refractivity contribution in [1.82, 2.24) is 9.55 Å². The van der Waals surface area contributed by atoms with Crippen molar-refractivity contribution in [2.75, 3.05) is 0 Å². The van der Waals surface area contributed by atoms with Crippen LogP contribution in [0.1, 0.15) is 12.8 Å². The van der Waals surface area contributed by atoms with E-state index in [1.165, 1.54) is 0 Å². The van der Waals surface area contributed by atoms with Gasteiger partial charge in [0.05, 0.1) is 17.4 Å². The van der Waals surface area contributed by atoms with E-state index in [-0.39, 0.29) is 6.42 Å². The van der Waals surface area contributed by atoms with Crippen molar-refractivity contribution in [1.29, 1.82) is 0 Å². The van der Waals surface area contributed by atoms with Gasteiger partial charge in [-0.15, -0.1) is 0 Å². The van der Waals surface area contributed by atoms with E-state index in [0.717, 1.165) is 11.0 Å². The number of aromatic nitrogens is 2. The molecule has 1 heterocycles. The van der Waals surface area contributed by atoms with Crippen LogP contribution in [0.25, 0.3) is 11.0 Å². The lowest BCUT2D eigenvalue weighted by Gasteiger charge is -2.01. The van der Waals surface area contributed by atoms with Gasteiger partial charge in [0.25, 0.3) is 0 Å². The first kappa shape index (κ1) is 9.71. The molecule has 78 valence electrons. The van der Waals surface area contributed by atoms with Crippen molar-refractivity contribution in [3.05, 3.63) is 30.6 Å². The molecule has 0 fully saturated rings. The Kier molecular flexibility index (Phi) is 2.67. The summed E-state index contributed by atoms with van der Waals surface area (Å²) < 4.78 is 1.98. The van der Waals surface area contributed by atoms with Crippen LogP contribution >= 0.6 is 0 Å². The summed E-state index contributed by atoms with van der Waals surface area (Å²) in [7, 11) is 0. The molecule has 0 atom stereocenters. The van der Waals surface area contributed by atoms with Crippen molar-refractivity contribution in [2.45, 2.75) is 19.4 Å². The summed E-state index contributed by atoms with van der Waals surface area (Å²) in [4.78, 5) is 14.6. The minimum Gasteiger partial charge on any atom is -0.481 e. The number of imidazole rings is 1. The molecule has 0 bridgehead atoms. The van der Waals surface area contributed by atoms with Crippen LogP contribution in [-0.2, 0) is 11.3 Å². The van der Waals surface area contributed by atoms with E-state index < -0.39 is 5.97 Å². The zero-order valence-corrected chi connectivity index (χ0v) is 8.26. The Hall–Kier alpha value is -1.84. The van der Waals surface area contributed by atoms with Gasteiger partial charge in [-0.05, 0) is 18.6 Å². The summed E-state index contributed by atoms with van der Waals surface area (Å²) in [5, 5.41) is 8.53. The smallest absolute Gasteiger partial charge is 0.303 e. The zero-order valence-electron chi connectivity index (χ0n) is 8.26. The van der Waals surface area contributed by atoms with Crippen LogP contribution in [0.2, 0.25) is 0 Å². The predicted molar refractivity (Wildman–Crippen MR) is 56.6 cm³/mol. The third kappa shape index (κ3) is 2.15. The first-order valence-corrected chi connectivity index (χ1v) is 4.89. The lowest BCUT2D eigenvalue weighted by atomic mass is 10.3. The molecule has 0 saturated heterocycles. The summed E-state index contributed by atoms with van der Waals surface area (Å²) in [6, 6.07) is 7.83. The maximum absolute atomic E-state index is 10.4. The standard InChI is InChI=1S/C11H12N2O2/c14-11(15)6-3-7-13-8-12-9-4-1-2-5-10(9)13/h1-2,4-5,8H,3,6-7H2,(H,14,15). The van der Waals surface area contributed by atoms with Crippen LogP contribution < -0.4 is 0 Å². The van der Waals surface area contributed by atoms with Crippen molar-refractivity contribution in [3.8, 4) is 0 Å². The van der Waals surface area contributed by atoms with Gasteiger partial charge in [0.15, 0.2) is 0 Å². The Bertz CT molecular complexity index is 476. The molecule has 0 spiro atoms. The van der Waals surface area contributed by atoms with Gasteiger partial charge in [0, 0.05) is 13.0 Å². The lowest BCUT2D eigenvalue weighted by molar-refractivity contribution is -0.137. The summed E-state index contributed by atoms with van der Waals surface area (Å²) in [5.74, 6) is -0.751. The number of fused-ring (bicyclic) bond motifs is 1. The quantitative estimate of drug-likeness (QED) is 0.827. The molecule has 0 saturated carbocycles. The number of carboxylic acid groups (broad SMARTS) is 1. The SMILES string of the molecule is O=C(O)CCCn1cnc2ccccc21. The fourth-order valence-electron chi connectivity index (χ4n) is 1.59. The first-order chi connectivity index (χ1) is 7.27. The molecule has 2 rings (SSSR count). The second kappa shape index (κ2) is 4.13. The fraction of sp³-hybridized carbons (Fsp3) is 0.273. The number of benzene rings is 1. The molecular formula is C11H12N2O2. The predicted octanol–water partition coefficient (Wildman–Crippen LogP) is 1.90. The second-order valence-electron chi connectivity index (χ2n) is 3.42. The molecule has 0 unspecified atom stereocenters. The number of nitrogens with zero attached hydrogens (tertiary/aromatic N) is 2. The topological polar surface area (TPSA) is 55.1 Å². The monoisotopic (exact) mass is 204 g/mol. The van der Waals surface area contributed by atoms with Crippen LogP contribution in [0.3, 0.4) is 0 Å². The number of carbonyl (C=O) groups is 1. The molecule has 1 N–H and O–H groups in total. The van der Waals surface area contributed by atoms with Crippen molar-refractivity contribution in [2.24, 2.45) is 0 Å². The van der Waals surface area contributed by atoms with Crippen LogP contribution in [0.5, 0.6) is 0 Å². The summed E-state index contributed by atoms with van der Waals surface area (Å²) in [5.41, 5.74) is 2.01. The Balaban J connectivity index is 2.11. The highest BCUT2D eigenvalue weighted by Crippen LogP contribution is 2.12. The minimum absolute atomic E-state index is 0.201. The molecule has 0 aliphatic carbocycles. The van der Waals surface area contributed by atoms with Gasteiger partial charge in [-0.2, -0.15) is 0 Å². The number of hydrogen-bond acceptors (Lipinski definition) is 2. The van der Waals surface area contributed by atoms with Crippen LogP contribution in [0.4, 0.5) is 0 Å². The number of para-hydroxylation sites is 2. The second-order valence-corrected chi connectivity index (χ2v) is 3.42. The third-order valence-electron chi connectivity index (χ3n) is 2.32. The maximum Gasteiger partial charge on any atom is 0.303 e. The Labute approximate surface area is 87.2 Å². The van der Waals surface area contributed by atoms with Gasteiger partial charge >= 0.3 is 5.97 Å². The van der Waals surface area contributed by atoms with E-state index in [0.29, 0.717) is 13.0 Å². The van der Waals surface area contributed by atoms with Gasteiger partial charge in [-0.3, -0.25) is 4.79 Å². The maximum atomic E-state index is 10.4. The van der Waals surface area contributed by atoms with Gasteiger partial charge in [-0.25, -0.2) is 4.98 Å². The highest BCUT2D eigenvalue weighted by molar-refractivity contribution is 5.74. The van der Waals surface area contributed by atoms with E-state index >= 15 is 0 Å². The largest absolute Gasteiger partial charge is 0.481 e. The van der Waals surface area contributed by atoms with E-state index in [1.807, 2.05) is 28.8 Å². The molecule has 0 radical (unpaired) electrons. The lowest BCUT2D eigenvalue weighted by Crippen LogP contribution is -2.00. The molecule has 0 aliphatic heterocycles. The van der Waals surface area contributed by atoms with Crippen LogP contribution in [-0.4, -0.2) is 20.6 Å². The Morgan fingerprint density at radius 3 is 3.00 bits per heavy atom. The minimum atomic E-state index is -0.751. The van der Waals surface area contributed by atoms with Gasteiger partial charge in [0.2, 0.25) is 0 Å². The van der Waals surface area contributed by atoms with Crippen molar-refractivity contribution < 1.29 is 9.90 Å². The summed E-state index contributed by atoms with van der Waals surface area (Å²) in [6.45, 7) is 0.701. The Morgan fingerprint density at radius 2 is 2.20 bits per heavy atom. The number of aliphatic carboxylic acids is 1. The highest BCUT2D eigenvalue weighted by Gasteiger charge is 2.02. The van der Waals surface area contributed by atoms with Gasteiger partial charge in [-0.1, -0.05) is 12.1 Å². The molecule has 4 heteroatoms. The van der Waals surface area contributed by atoms with Crippen LogP contribution in [0, 0.1) is 0 Å². The average Bonchev–Trinajstić information content (AvgIpc) is 2.62. The number of aryl methyl sites for hydroxylation is 1. The van der Waals surface area contributed by atoms with E-state index in [2.05, 4.69) is 4.98 Å². The fourth-order valence-corrected chi connectivity index (χ4v) is 1.59. The third-order valence-corrected chi connectivity index (χ3v) is 2.32. The van der Waals surface area contributed by atoms with Crippen molar-refractivity contribution >= 4 is 17.0 Å².